The van der Waals surface area contributed by atoms with Crippen molar-refractivity contribution in [1.82, 2.24) is 9.55 Å². The first-order valence-electron chi connectivity index (χ1n) is 4.17. The van der Waals surface area contributed by atoms with Crippen LogP contribution >= 0.6 is 0 Å². The quantitative estimate of drug-likeness (QED) is 0.643. The normalized spacial score (nSPS) is 10.5. The number of aromatic nitrogens is 2. The lowest BCUT2D eigenvalue weighted by Gasteiger charge is -1.96. The molecular formula is C10H10N2O. The Morgan fingerprint density at radius 1 is 1.46 bits per heavy atom. The molecule has 66 valence electrons. The van der Waals surface area contributed by atoms with Crippen molar-refractivity contribution < 1.29 is 4.79 Å². The molecule has 0 bridgehead atoms. The molecule has 0 aliphatic heterocycles. The average molecular weight is 174 g/mol. The van der Waals surface area contributed by atoms with Crippen molar-refractivity contribution in [2.45, 2.75) is 6.42 Å². The van der Waals surface area contributed by atoms with Crippen LogP contribution in [-0.4, -0.2) is 15.8 Å². The molecule has 0 saturated carbocycles. The summed E-state index contributed by atoms with van der Waals surface area (Å²) in [6, 6.07) is 7.86. The van der Waals surface area contributed by atoms with Gasteiger partial charge < -0.3 is 9.36 Å². The number of para-hydroxylation sites is 2. The van der Waals surface area contributed by atoms with E-state index >= 15 is 0 Å². The fraction of sp³-hybridized carbons (Fsp3) is 0.200. The predicted octanol–water partition coefficient (Wildman–Crippen LogP) is 1.31. The van der Waals surface area contributed by atoms with Crippen LogP contribution in [-0.2, 0) is 18.3 Å². The minimum absolute atomic E-state index is 0.380. The van der Waals surface area contributed by atoms with Crippen LogP contribution < -0.4 is 0 Å². The minimum Gasteiger partial charge on any atom is -0.331 e. The average Bonchev–Trinajstić information content (AvgIpc) is 2.46. The Balaban J connectivity index is 2.66. The van der Waals surface area contributed by atoms with Gasteiger partial charge in [0.15, 0.2) is 0 Å². The molecule has 0 radical (unpaired) electrons. The number of hydrogen-bond donors (Lipinski definition) is 0. The second-order valence-corrected chi connectivity index (χ2v) is 2.95. The lowest BCUT2D eigenvalue weighted by molar-refractivity contribution is -0.107. The zero-order chi connectivity index (χ0) is 9.26. The summed E-state index contributed by atoms with van der Waals surface area (Å²) in [6.07, 6.45) is 1.26. The van der Waals surface area contributed by atoms with Crippen molar-refractivity contribution in [2.75, 3.05) is 0 Å². The van der Waals surface area contributed by atoms with Gasteiger partial charge in [-0.05, 0) is 12.1 Å². The third kappa shape index (κ3) is 1.22. The van der Waals surface area contributed by atoms with E-state index in [1.54, 1.807) is 0 Å². The zero-order valence-electron chi connectivity index (χ0n) is 7.40. The van der Waals surface area contributed by atoms with Gasteiger partial charge in [-0.25, -0.2) is 4.98 Å². The molecule has 0 saturated heterocycles. The van der Waals surface area contributed by atoms with E-state index in [1.165, 1.54) is 0 Å². The Hall–Kier alpha value is -1.64. The molecule has 0 fully saturated rings. The maximum atomic E-state index is 10.3. The van der Waals surface area contributed by atoms with Crippen molar-refractivity contribution >= 4 is 17.3 Å². The topological polar surface area (TPSA) is 34.9 Å². The van der Waals surface area contributed by atoms with E-state index in [2.05, 4.69) is 4.98 Å². The number of fused-ring (bicyclic) bond motifs is 1. The molecule has 0 amide bonds. The molecule has 0 aliphatic rings. The predicted molar refractivity (Wildman–Crippen MR) is 50.5 cm³/mol. The van der Waals surface area contributed by atoms with Gasteiger partial charge in [-0.3, -0.25) is 0 Å². The van der Waals surface area contributed by atoms with E-state index in [0.717, 1.165) is 23.1 Å². The number of nitrogens with zero attached hydrogens (tertiary/aromatic N) is 2. The number of benzene rings is 1. The van der Waals surface area contributed by atoms with Crippen molar-refractivity contribution in [1.29, 1.82) is 0 Å². The molecule has 3 nitrogen and oxygen atoms in total. The molecule has 1 aromatic carbocycles. The fourth-order valence-electron chi connectivity index (χ4n) is 1.45. The molecule has 3 heteroatoms. The molecular weight excluding hydrogens is 164 g/mol. The Kier molecular flexibility index (Phi) is 1.85. The first kappa shape index (κ1) is 7.98. The van der Waals surface area contributed by atoms with E-state index in [1.807, 2.05) is 35.9 Å². The summed E-state index contributed by atoms with van der Waals surface area (Å²) in [5.74, 6) is 0.816. The highest BCUT2D eigenvalue weighted by Crippen LogP contribution is 2.13. The standard InChI is InChI=1S/C10H10N2O/c1-12-9-5-3-2-4-8(9)11-10(12)6-7-13/h2-5,7H,6H2,1H3. The highest BCUT2D eigenvalue weighted by atomic mass is 16.1. The number of hydrogen-bond acceptors (Lipinski definition) is 2. The van der Waals surface area contributed by atoms with Gasteiger partial charge in [0.1, 0.15) is 12.1 Å². The Bertz CT molecular complexity index is 445. The highest BCUT2D eigenvalue weighted by Gasteiger charge is 2.04. The Morgan fingerprint density at radius 2 is 2.23 bits per heavy atom. The van der Waals surface area contributed by atoms with Gasteiger partial charge in [-0.15, -0.1) is 0 Å². The number of carbonyl (C=O) groups excluding carboxylic acids is 1. The summed E-state index contributed by atoms with van der Waals surface area (Å²) >= 11 is 0. The largest absolute Gasteiger partial charge is 0.331 e. The molecule has 2 rings (SSSR count). The third-order valence-electron chi connectivity index (χ3n) is 2.15. The van der Waals surface area contributed by atoms with Crippen molar-refractivity contribution in [2.24, 2.45) is 7.05 Å². The van der Waals surface area contributed by atoms with Crippen molar-refractivity contribution in [3.05, 3.63) is 30.1 Å². The summed E-state index contributed by atoms with van der Waals surface area (Å²) in [7, 11) is 1.92. The van der Waals surface area contributed by atoms with Crippen LogP contribution in [0, 0.1) is 0 Å². The van der Waals surface area contributed by atoms with Crippen molar-refractivity contribution in [3.63, 3.8) is 0 Å². The first-order chi connectivity index (χ1) is 6.33. The van der Waals surface area contributed by atoms with Crippen LogP contribution in [0.15, 0.2) is 24.3 Å². The van der Waals surface area contributed by atoms with Crippen LogP contribution in [0.5, 0.6) is 0 Å². The molecule has 0 unspecified atom stereocenters. The third-order valence-corrected chi connectivity index (χ3v) is 2.15. The molecule has 2 aromatic rings. The minimum atomic E-state index is 0.380. The Labute approximate surface area is 76.0 Å². The van der Waals surface area contributed by atoms with Crippen LogP contribution in [0.25, 0.3) is 11.0 Å². The van der Waals surface area contributed by atoms with Crippen LogP contribution in [0.4, 0.5) is 0 Å². The monoisotopic (exact) mass is 174 g/mol. The SMILES string of the molecule is Cn1c(CC=O)nc2ccccc21. The molecule has 1 heterocycles. The fourth-order valence-corrected chi connectivity index (χ4v) is 1.45. The maximum absolute atomic E-state index is 10.3. The Morgan fingerprint density at radius 3 is 2.92 bits per heavy atom. The number of imidazole rings is 1. The van der Waals surface area contributed by atoms with Crippen LogP contribution in [0.1, 0.15) is 5.82 Å². The highest BCUT2D eigenvalue weighted by molar-refractivity contribution is 5.76. The second kappa shape index (κ2) is 3.01. The van der Waals surface area contributed by atoms with Gasteiger partial charge in [-0.2, -0.15) is 0 Å². The zero-order valence-corrected chi connectivity index (χ0v) is 7.40. The van der Waals surface area contributed by atoms with E-state index in [9.17, 15) is 4.79 Å². The van der Waals surface area contributed by atoms with E-state index < -0.39 is 0 Å². The number of aryl methyl sites for hydroxylation is 1. The van der Waals surface area contributed by atoms with Gasteiger partial charge in [0, 0.05) is 7.05 Å². The van der Waals surface area contributed by atoms with E-state index in [4.69, 9.17) is 0 Å². The van der Waals surface area contributed by atoms with Gasteiger partial charge >= 0.3 is 0 Å². The van der Waals surface area contributed by atoms with E-state index in [0.29, 0.717) is 6.42 Å². The molecule has 1 aromatic heterocycles. The lowest BCUT2D eigenvalue weighted by atomic mass is 10.3. The van der Waals surface area contributed by atoms with Gasteiger partial charge in [0.05, 0.1) is 17.5 Å². The van der Waals surface area contributed by atoms with Crippen LogP contribution in [0.3, 0.4) is 0 Å². The summed E-state index contributed by atoms with van der Waals surface area (Å²) in [5.41, 5.74) is 2.02. The lowest BCUT2D eigenvalue weighted by Crippen LogP contribution is -1.97. The van der Waals surface area contributed by atoms with Crippen molar-refractivity contribution in [3.8, 4) is 0 Å². The summed E-state index contributed by atoms with van der Waals surface area (Å²) in [4.78, 5) is 14.7. The summed E-state index contributed by atoms with van der Waals surface area (Å²) < 4.78 is 1.95. The van der Waals surface area contributed by atoms with E-state index in [-0.39, 0.29) is 0 Å². The molecule has 0 N–H and O–H groups in total. The first-order valence-corrected chi connectivity index (χ1v) is 4.17. The second-order valence-electron chi connectivity index (χ2n) is 2.95. The number of aldehydes is 1. The maximum Gasteiger partial charge on any atom is 0.127 e. The smallest absolute Gasteiger partial charge is 0.127 e. The molecule has 13 heavy (non-hydrogen) atoms. The summed E-state index contributed by atoms with van der Waals surface area (Å²) in [5, 5.41) is 0. The van der Waals surface area contributed by atoms with Crippen LogP contribution in [0.2, 0.25) is 0 Å². The molecule has 0 aliphatic carbocycles. The molecule has 0 spiro atoms. The van der Waals surface area contributed by atoms with Gasteiger partial charge in [-0.1, -0.05) is 12.1 Å². The number of carbonyl (C=O) groups is 1. The summed E-state index contributed by atoms with van der Waals surface area (Å²) in [6.45, 7) is 0. The molecule has 0 atom stereocenters. The van der Waals surface area contributed by atoms with Gasteiger partial charge in [0.25, 0.3) is 0 Å². The number of rotatable bonds is 2. The van der Waals surface area contributed by atoms with Gasteiger partial charge in [0.2, 0.25) is 0 Å².